The molecule has 0 atom stereocenters. The van der Waals surface area contributed by atoms with Crippen LogP contribution in [0.25, 0.3) is 0 Å². The molecule has 1 heterocycles. The van der Waals surface area contributed by atoms with Crippen molar-refractivity contribution in [2.45, 2.75) is 19.8 Å². The summed E-state index contributed by atoms with van der Waals surface area (Å²) in [6.45, 7) is 3.78. The molecule has 0 aliphatic carbocycles. The molecule has 3 N–H and O–H groups in total. The molecule has 0 radical (unpaired) electrons. The molecular formula is C14H14ClFN4O. The molecule has 7 heteroatoms. The predicted molar refractivity (Wildman–Crippen MR) is 79.9 cm³/mol. The van der Waals surface area contributed by atoms with Crippen molar-refractivity contribution in [3.8, 4) is 0 Å². The summed E-state index contributed by atoms with van der Waals surface area (Å²) in [5, 5.41) is 2.48. The Morgan fingerprint density at radius 1 is 1.43 bits per heavy atom. The van der Waals surface area contributed by atoms with Crippen LogP contribution in [0, 0.1) is 5.82 Å². The molecule has 2 aromatic rings. The molecule has 0 aliphatic rings. The molecule has 0 spiro atoms. The molecule has 2 rings (SSSR count). The highest BCUT2D eigenvalue weighted by Gasteiger charge is 2.17. The number of nitrogen functional groups attached to an aromatic ring is 1. The number of hydrogen-bond acceptors (Lipinski definition) is 4. The van der Waals surface area contributed by atoms with E-state index in [9.17, 15) is 9.18 Å². The van der Waals surface area contributed by atoms with E-state index >= 15 is 0 Å². The minimum Gasteiger partial charge on any atom is -0.396 e. The van der Waals surface area contributed by atoms with Gasteiger partial charge >= 0.3 is 0 Å². The van der Waals surface area contributed by atoms with Gasteiger partial charge in [-0.1, -0.05) is 31.5 Å². The quantitative estimate of drug-likeness (QED) is 0.912. The van der Waals surface area contributed by atoms with Gasteiger partial charge in [0, 0.05) is 5.92 Å². The summed E-state index contributed by atoms with van der Waals surface area (Å²) in [6.07, 6.45) is 1.36. The second-order valence-corrected chi connectivity index (χ2v) is 5.14. The van der Waals surface area contributed by atoms with Crippen molar-refractivity contribution in [2.75, 3.05) is 11.1 Å². The van der Waals surface area contributed by atoms with Gasteiger partial charge in [-0.25, -0.2) is 14.4 Å². The minimum atomic E-state index is -0.635. The van der Waals surface area contributed by atoms with Crippen LogP contribution in [0.5, 0.6) is 0 Å². The number of para-hydroxylation sites is 1. The molecule has 0 saturated heterocycles. The normalized spacial score (nSPS) is 10.7. The molecule has 1 aromatic heterocycles. The zero-order valence-electron chi connectivity index (χ0n) is 11.5. The predicted octanol–water partition coefficient (Wildman–Crippen LogP) is 3.23. The van der Waals surface area contributed by atoms with Crippen molar-refractivity contribution in [3.63, 3.8) is 0 Å². The zero-order valence-corrected chi connectivity index (χ0v) is 12.3. The van der Waals surface area contributed by atoms with Crippen molar-refractivity contribution >= 4 is 28.9 Å². The molecule has 0 bridgehead atoms. The van der Waals surface area contributed by atoms with Crippen LogP contribution in [0.3, 0.4) is 0 Å². The standard InChI is InChI=1S/C14H14ClFN4O/c1-7(2)13-18-6-10(17)12(19-13)14(21)20-11-8(15)4-3-5-9(11)16/h3-7H,17H2,1-2H3,(H,20,21). The molecule has 0 aliphatic heterocycles. The van der Waals surface area contributed by atoms with Crippen molar-refractivity contribution in [1.82, 2.24) is 9.97 Å². The Labute approximate surface area is 126 Å². The van der Waals surface area contributed by atoms with Gasteiger partial charge in [-0.3, -0.25) is 4.79 Å². The third kappa shape index (κ3) is 3.28. The number of carbonyl (C=O) groups excluding carboxylic acids is 1. The van der Waals surface area contributed by atoms with Crippen LogP contribution in [0.15, 0.2) is 24.4 Å². The smallest absolute Gasteiger partial charge is 0.276 e. The lowest BCUT2D eigenvalue weighted by molar-refractivity contribution is 0.102. The lowest BCUT2D eigenvalue weighted by atomic mass is 10.2. The summed E-state index contributed by atoms with van der Waals surface area (Å²) < 4.78 is 13.7. The van der Waals surface area contributed by atoms with Gasteiger partial charge in [-0.2, -0.15) is 0 Å². The van der Waals surface area contributed by atoms with Crippen LogP contribution >= 0.6 is 11.6 Å². The SMILES string of the molecule is CC(C)c1ncc(N)c(C(=O)Nc2c(F)cccc2Cl)n1. The molecule has 5 nitrogen and oxygen atoms in total. The Hall–Kier alpha value is -2.21. The van der Waals surface area contributed by atoms with E-state index in [2.05, 4.69) is 15.3 Å². The van der Waals surface area contributed by atoms with Gasteiger partial charge in [-0.05, 0) is 12.1 Å². The summed E-state index contributed by atoms with van der Waals surface area (Å²) in [7, 11) is 0. The number of amides is 1. The van der Waals surface area contributed by atoms with Crippen LogP contribution in [-0.4, -0.2) is 15.9 Å². The fourth-order valence-electron chi connectivity index (χ4n) is 1.65. The highest BCUT2D eigenvalue weighted by atomic mass is 35.5. The zero-order chi connectivity index (χ0) is 15.6. The molecule has 1 aromatic carbocycles. The summed E-state index contributed by atoms with van der Waals surface area (Å²) in [5.41, 5.74) is 5.71. The fraction of sp³-hybridized carbons (Fsp3) is 0.214. The summed E-state index contributed by atoms with van der Waals surface area (Å²) in [4.78, 5) is 20.4. The summed E-state index contributed by atoms with van der Waals surface area (Å²) >= 11 is 5.86. The Bertz CT molecular complexity index is 670. The molecular weight excluding hydrogens is 295 g/mol. The largest absolute Gasteiger partial charge is 0.396 e. The van der Waals surface area contributed by atoms with Crippen LogP contribution in [-0.2, 0) is 0 Å². The van der Waals surface area contributed by atoms with Gasteiger partial charge < -0.3 is 11.1 Å². The van der Waals surface area contributed by atoms with E-state index in [-0.39, 0.29) is 28.0 Å². The highest BCUT2D eigenvalue weighted by molar-refractivity contribution is 6.34. The van der Waals surface area contributed by atoms with Crippen molar-refractivity contribution in [1.29, 1.82) is 0 Å². The number of anilines is 2. The maximum Gasteiger partial charge on any atom is 0.276 e. The van der Waals surface area contributed by atoms with Crippen molar-refractivity contribution in [3.05, 3.63) is 46.8 Å². The van der Waals surface area contributed by atoms with Gasteiger partial charge in [0.25, 0.3) is 5.91 Å². The number of nitrogens with one attached hydrogen (secondary N) is 1. The lowest BCUT2D eigenvalue weighted by Crippen LogP contribution is -2.18. The van der Waals surface area contributed by atoms with Crippen LogP contribution in [0.4, 0.5) is 15.8 Å². The van der Waals surface area contributed by atoms with Gasteiger partial charge in [0.15, 0.2) is 5.69 Å². The maximum atomic E-state index is 13.7. The average molecular weight is 309 g/mol. The molecule has 1 amide bonds. The highest BCUT2D eigenvalue weighted by Crippen LogP contribution is 2.25. The second kappa shape index (κ2) is 6.05. The van der Waals surface area contributed by atoms with E-state index in [1.807, 2.05) is 13.8 Å². The first kappa shape index (κ1) is 15.2. The molecule has 0 fully saturated rings. The molecule has 21 heavy (non-hydrogen) atoms. The number of carbonyl (C=O) groups is 1. The summed E-state index contributed by atoms with van der Waals surface area (Å²) in [6, 6.07) is 4.12. The monoisotopic (exact) mass is 308 g/mol. The number of halogens is 2. The molecule has 110 valence electrons. The van der Waals surface area contributed by atoms with E-state index in [0.29, 0.717) is 5.82 Å². The third-order valence-electron chi connectivity index (χ3n) is 2.77. The number of nitrogens with two attached hydrogens (primary N) is 1. The molecule has 0 unspecified atom stereocenters. The molecule has 0 saturated carbocycles. The summed E-state index contributed by atoms with van der Waals surface area (Å²) in [5.74, 6) is -0.750. The number of aromatic nitrogens is 2. The lowest BCUT2D eigenvalue weighted by Gasteiger charge is -2.11. The van der Waals surface area contributed by atoms with Crippen LogP contribution < -0.4 is 11.1 Å². The topological polar surface area (TPSA) is 80.9 Å². The van der Waals surface area contributed by atoms with E-state index in [0.717, 1.165) is 0 Å². The van der Waals surface area contributed by atoms with Crippen molar-refractivity contribution in [2.24, 2.45) is 0 Å². The number of benzene rings is 1. The van der Waals surface area contributed by atoms with E-state index in [1.165, 1.54) is 24.4 Å². The Morgan fingerprint density at radius 2 is 2.14 bits per heavy atom. The Balaban J connectivity index is 2.35. The number of nitrogens with zero attached hydrogens (tertiary/aromatic N) is 2. The number of rotatable bonds is 3. The van der Waals surface area contributed by atoms with Crippen LogP contribution in [0.2, 0.25) is 5.02 Å². The van der Waals surface area contributed by atoms with E-state index < -0.39 is 11.7 Å². The fourth-order valence-corrected chi connectivity index (χ4v) is 1.87. The average Bonchev–Trinajstić information content (AvgIpc) is 2.43. The van der Waals surface area contributed by atoms with Crippen LogP contribution in [0.1, 0.15) is 36.1 Å². The second-order valence-electron chi connectivity index (χ2n) is 4.74. The third-order valence-corrected chi connectivity index (χ3v) is 3.08. The van der Waals surface area contributed by atoms with Crippen molar-refractivity contribution < 1.29 is 9.18 Å². The van der Waals surface area contributed by atoms with Gasteiger partial charge in [0.1, 0.15) is 11.6 Å². The first-order valence-corrected chi connectivity index (χ1v) is 6.65. The van der Waals surface area contributed by atoms with Gasteiger partial charge in [0.2, 0.25) is 0 Å². The van der Waals surface area contributed by atoms with Gasteiger partial charge in [-0.15, -0.1) is 0 Å². The minimum absolute atomic E-state index is 0.00646. The number of hydrogen-bond donors (Lipinski definition) is 2. The Morgan fingerprint density at radius 3 is 2.76 bits per heavy atom. The maximum absolute atomic E-state index is 13.7. The first-order valence-electron chi connectivity index (χ1n) is 6.28. The first-order chi connectivity index (χ1) is 9.90. The van der Waals surface area contributed by atoms with Gasteiger partial charge in [0.05, 0.1) is 22.6 Å². The van der Waals surface area contributed by atoms with E-state index in [4.69, 9.17) is 17.3 Å². The Kier molecular flexibility index (Phi) is 4.37. The van der Waals surface area contributed by atoms with E-state index in [1.54, 1.807) is 0 Å².